The van der Waals surface area contributed by atoms with Crippen LogP contribution in [0.5, 0.6) is 0 Å². The number of benzene rings is 1. The molecule has 1 fully saturated rings. The molecule has 0 bridgehead atoms. The predicted molar refractivity (Wildman–Crippen MR) is 92.0 cm³/mol. The highest BCUT2D eigenvalue weighted by atomic mass is 35.5. The van der Waals surface area contributed by atoms with Gasteiger partial charge in [0.25, 0.3) is 0 Å². The second-order valence-corrected chi connectivity index (χ2v) is 6.13. The Kier molecular flexibility index (Phi) is 5.85. The molecule has 1 aliphatic heterocycles. The Labute approximate surface area is 141 Å². The van der Waals surface area contributed by atoms with Crippen LogP contribution in [0.25, 0.3) is 0 Å². The molecule has 7 heteroatoms. The number of nitrogens with one attached hydrogen (secondary N) is 2. The molecule has 0 radical (unpaired) electrons. The van der Waals surface area contributed by atoms with Gasteiger partial charge in [0.05, 0.1) is 6.04 Å². The lowest BCUT2D eigenvalue weighted by atomic mass is 10.1. The van der Waals surface area contributed by atoms with Crippen LogP contribution in [0.1, 0.15) is 12.5 Å². The van der Waals surface area contributed by atoms with Gasteiger partial charge in [-0.2, -0.15) is 0 Å². The van der Waals surface area contributed by atoms with Crippen LogP contribution in [-0.2, 0) is 4.79 Å². The van der Waals surface area contributed by atoms with E-state index in [1.54, 1.807) is 0 Å². The third kappa shape index (κ3) is 4.36. The minimum Gasteiger partial charge on any atom is -0.369 e. The maximum atomic E-state index is 12.0. The van der Waals surface area contributed by atoms with Gasteiger partial charge in [-0.15, -0.1) is 0 Å². The van der Waals surface area contributed by atoms with Crippen molar-refractivity contribution in [2.24, 2.45) is 0 Å². The van der Waals surface area contributed by atoms with E-state index in [-0.39, 0.29) is 11.9 Å². The lowest BCUT2D eigenvalue weighted by molar-refractivity contribution is -0.124. The third-order valence-electron chi connectivity index (χ3n) is 4.22. The van der Waals surface area contributed by atoms with Crippen molar-refractivity contribution in [3.8, 4) is 0 Å². The van der Waals surface area contributed by atoms with Crippen molar-refractivity contribution in [3.63, 3.8) is 0 Å². The van der Waals surface area contributed by atoms with E-state index in [2.05, 4.69) is 27.4 Å². The Morgan fingerprint density at radius 1 is 1.22 bits per heavy atom. The van der Waals surface area contributed by atoms with E-state index in [9.17, 15) is 9.59 Å². The molecule has 3 amide bonds. The summed E-state index contributed by atoms with van der Waals surface area (Å²) in [7, 11) is 1.49. The smallest absolute Gasteiger partial charge is 0.321 e. The number of carbonyl (C=O) groups excluding carboxylic acids is 2. The first-order valence-electron chi connectivity index (χ1n) is 7.70. The van der Waals surface area contributed by atoms with Crippen molar-refractivity contribution in [2.75, 3.05) is 38.1 Å². The minimum atomic E-state index is -0.477. The zero-order valence-corrected chi connectivity index (χ0v) is 14.5. The van der Waals surface area contributed by atoms with Crippen LogP contribution in [0.15, 0.2) is 18.2 Å². The molecule has 0 aromatic heterocycles. The van der Waals surface area contributed by atoms with Gasteiger partial charge in [0.2, 0.25) is 5.91 Å². The van der Waals surface area contributed by atoms with Crippen molar-refractivity contribution in [1.82, 2.24) is 15.5 Å². The second kappa shape index (κ2) is 7.66. The Balaban J connectivity index is 1.94. The molecule has 0 spiro atoms. The molecule has 0 unspecified atom stereocenters. The van der Waals surface area contributed by atoms with Gasteiger partial charge >= 0.3 is 6.03 Å². The van der Waals surface area contributed by atoms with Gasteiger partial charge in [-0.3, -0.25) is 15.0 Å². The monoisotopic (exact) mass is 338 g/mol. The first kappa shape index (κ1) is 17.6. The summed E-state index contributed by atoms with van der Waals surface area (Å²) in [6, 6.07) is 5.07. The highest BCUT2D eigenvalue weighted by Gasteiger charge is 2.26. The topological polar surface area (TPSA) is 64.7 Å². The molecular weight excluding hydrogens is 316 g/mol. The van der Waals surface area contributed by atoms with E-state index in [1.807, 2.05) is 25.1 Å². The first-order valence-corrected chi connectivity index (χ1v) is 8.08. The summed E-state index contributed by atoms with van der Waals surface area (Å²) >= 11 is 6.09. The lowest BCUT2D eigenvalue weighted by Gasteiger charge is -2.39. The molecular formula is C16H23ClN4O2. The number of piperazine rings is 1. The van der Waals surface area contributed by atoms with Crippen LogP contribution in [0.4, 0.5) is 10.5 Å². The maximum absolute atomic E-state index is 12.0. The molecule has 1 aromatic rings. The van der Waals surface area contributed by atoms with E-state index in [4.69, 9.17) is 11.6 Å². The average molecular weight is 339 g/mol. The summed E-state index contributed by atoms with van der Waals surface area (Å²) in [5.41, 5.74) is 2.33. The quantitative estimate of drug-likeness (QED) is 0.879. The Hall–Kier alpha value is -1.79. The predicted octanol–water partition coefficient (Wildman–Crippen LogP) is 1.61. The van der Waals surface area contributed by atoms with Crippen molar-refractivity contribution >= 4 is 29.2 Å². The number of halogens is 1. The summed E-state index contributed by atoms with van der Waals surface area (Å²) in [5.74, 6) is -0.281. The van der Waals surface area contributed by atoms with Crippen molar-refractivity contribution in [3.05, 3.63) is 28.8 Å². The van der Waals surface area contributed by atoms with Crippen LogP contribution in [0.3, 0.4) is 0 Å². The molecule has 0 saturated carbocycles. The van der Waals surface area contributed by atoms with E-state index in [0.29, 0.717) is 0 Å². The zero-order chi connectivity index (χ0) is 17.0. The molecule has 6 nitrogen and oxygen atoms in total. The molecule has 23 heavy (non-hydrogen) atoms. The van der Waals surface area contributed by atoms with Gasteiger partial charge in [-0.05, 0) is 31.5 Å². The number of amides is 3. The Morgan fingerprint density at radius 3 is 2.48 bits per heavy atom. The number of nitrogens with zero attached hydrogens (tertiary/aromatic N) is 2. The van der Waals surface area contributed by atoms with Crippen molar-refractivity contribution < 1.29 is 9.59 Å². The number of rotatable bonds is 3. The Morgan fingerprint density at radius 2 is 1.87 bits per heavy atom. The van der Waals surface area contributed by atoms with Crippen LogP contribution in [-0.4, -0.2) is 56.1 Å². The second-order valence-electron chi connectivity index (χ2n) is 5.70. The van der Waals surface area contributed by atoms with Gasteiger partial charge in [0.15, 0.2) is 0 Å². The number of hydrogen-bond donors (Lipinski definition) is 2. The number of aryl methyl sites for hydroxylation is 1. The summed E-state index contributed by atoms with van der Waals surface area (Å²) < 4.78 is 0. The van der Waals surface area contributed by atoms with Crippen LogP contribution in [0.2, 0.25) is 5.02 Å². The first-order chi connectivity index (χ1) is 10.9. The van der Waals surface area contributed by atoms with Gasteiger partial charge in [0, 0.05) is 43.9 Å². The Bertz CT molecular complexity index is 585. The average Bonchev–Trinajstić information content (AvgIpc) is 2.56. The van der Waals surface area contributed by atoms with Gasteiger partial charge in [-0.1, -0.05) is 17.7 Å². The van der Waals surface area contributed by atoms with Crippen molar-refractivity contribution in [2.45, 2.75) is 19.9 Å². The molecule has 1 aromatic carbocycles. The van der Waals surface area contributed by atoms with Crippen LogP contribution in [0, 0.1) is 6.92 Å². The van der Waals surface area contributed by atoms with Gasteiger partial charge < -0.3 is 10.2 Å². The molecule has 2 N–H and O–H groups in total. The number of carbonyl (C=O) groups is 2. The van der Waals surface area contributed by atoms with Gasteiger partial charge in [0.1, 0.15) is 0 Å². The highest BCUT2D eigenvalue weighted by molar-refractivity contribution is 6.30. The van der Waals surface area contributed by atoms with E-state index >= 15 is 0 Å². The van der Waals surface area contributed by atoms with Gasteiger partial charge in [-0.25, -0.2) is 4.79 Å². The van der Waals surface area contributed by atoms with Crippen molar-refractivity contribution in [1.29, 1.82) is 0 Å². The minimum absolute atomic E-state index is 0.281. The summed E-state index contributed by atoms with van der Waals surface area (Å²) in [6.07, 6.45) is 0. The fourth-order valence-corrected chi connectivity index (χ4v) is 2.88. The zero-order valence-electron chi connectivity index (χ0n) is 13.7. The molecule has 1 atom stereocenters. The molecule has 1 heterocycles. The van der Waals surface area contributed by atoms with Crippen LogP contribution >= 0.6 is 11.6 Å². The molecule has 2 rings (SSSR count). The number of anilines is 1. The lowest BCUT2D eigenvalue weighted by Crippen LogP contribution is -2.55. The largest absolute Gasteiger partial charge is 0.369 e. The third-order valence-corrected chi connectivity index (χ3v) is 4.45. The molecule has 1 aliphatic rings. The standard InChI is InChI=1S/C16H23ClN4O2/c1-11-4-5-13(17)10-14(11)21-8-6-20(7-9-21)12(2)15(22)19-16(23)18-3/h4-5,10,12H,6-9H2,1-3H3,(H2,18,19,22,23)/t12-/m1/s1. The SMILES string of the molecule is CNC(=O)NC(=O)[C@@H](C)N1CCN(c2cc(Cl)ccc2C)CC1. The molecule has 1 saturated heterocycles. The summed E-state index contributed by atoms with van der Waals surface area (Å²) in [4.78, 5) is 27.6. The fourth-order valence-electron chi connectivity index (χ4n) is 2.72. The fraction of sp³-hybridized carbons (Fsp3) is 0.500. The number of urea groups is 1. The normalized spacial score (nSPS) is 16.8. The molecule has 0 aliphatic carbocycles. The maximum Gasteiger partial charge on any atom is 0.321 e. The van der Waals surface area contributed by atoms with E-state index < -0.39 is 6.03 Å². The van der Waals surface area contributed by atoms with Crippen LogP contribution < -0.4 is 15.5 Å². The van der Waals surface area contributed by atoms with E-state index in [1.165, 1.54) is 12.6 Å². The summed E-state index contributed by atoms with van der Waals surface area (Å²) in [5, 5.41) is 5.44. The number of hydrogen-bond acceptors (Lipinski definition) is 4. The number of imide groups is 1. The summed E-state index contributed by atoms with van der Waals surface area (Å²) in [6.45, 7) is 7.04. The highest BCUT2D eigenvalue weighted by Crippen LogP contribution is 2.25. The molecule has 126 valence electrons. The van der Waals surface area contributed by atoms with E-state index in [0.717, 1.165) is 36.9 Å².